The lowest BCUT2D eigenvalue weighted by molar-refractivity contribution is -0.147. The van der Waals surface area contributed by atoms with Crippen LogP contribution in [0, 0.1) is 11.3 Å². The Hall–Kier alpha value is -1.26. The number of carbonyl (C=O) groups is 2. The molecular weight excluding hydrogens is 256 g/mol. The molecule has 0 saturated carbocycles. The largest absolute Gasteiger partial charge is 0.481 e. The Labute approximate surface area is 122 Å². The van der Waals surface area contributed by atoms with Crippen molar-refractivity contribution >= 4 is 12.0 Å². The highest BCUT2D eigenvalue weighted by Crippen LogP contribution is 2.20. The van der Waals surface area contributed by atoms with Gasteiger partial charge in [0.05, 0.1) is 5.41 Å². The summed E-state index contributed by atoms with van der Waals surface area (Å²) >= 11 is 0. The monoisotopic (exact) mass is 286 g/mol. The van der Waals surface area contributed by atoms with Crippen molar-refractivity contribution in [1.29, 1.82) is 0 Å². The lowest BCUT2D eigenvalue weighted by Gasteiger charge is -2.28. The molecule has 2 amide bonds. The number of nitrogens with one attached hydrogen (secondary N) is 1. The molecule has 0 aliphatic rings. The fourth-order valence-corrected chi connectivity index (χ4v) is 1.95. The first-order valence-electron chi connectivity index (χ1n) is 7.60. The van der Waals surface area contributed by atoms with Crippen LogP contribution in [0.15, 0.2) is 0 Å². The summed E-state index contributed by atoms with van der Waals surface area (Å²) in [5.41, 5.74) is -0.899. The van der Waals surface area contributed by atoms with Crippen LogP contribution < -0.4 is 5.32 Å². The topological polar surface area (TPSA) is 69.6 Å². The van der Waals surface area contributed by atoms with Gasteiger partial charge in [-0.15, -0.1) is 0 Å². The summed E-state index contributed by atoms with van der Waals surface area (Å²) in [6, 6.07) is -0.166. The number of hydrogen-bond acceptors (Lipinski definition) is 2. The Morgan fingerprint density at radius 1 is 1.20 bits per heavy atom. The van der Waals surface area contributed by atoms with Gasteiger partial charge in [0.1, 0.15) is 0 Å². The lowest BCUT2D eigenvalue weighted by atomic mass is 9.88. The van der Waals surface area contributed by atoms with Crippen molar-refractivity contribution < 1.29 is 14.7 Å². The molecule has 0 spiro atoms. The molecule has 1 unspecified atom stereocenters. The molecule has 0 heterocycles. The molecule has 0 fully saturated rings. The Morgan fingerprint density at radius 3 is 2.10 bits per heavy atom. The normalized spacial score (nSPS) is 13.9. The van der Waals surface area contributed by atoms with E-state index in [-0.39, 0.29) is 12.6 Å². The van der Waals surface area contributed by atoms with Crippen molar-refractivity contribution in [2.24, 2.45) is 11.3 Å². The molecule has 0 aliphatic carbocycles. The van der Waals surface area contributed by atoms with E-state index in [1.54, 1.807) is 11.8 Å². The summed E-state index contributed by atoms with van der Waals surface area (Å²) in [5.74, 6) is -0.374. The SMILES string of the molecule is CCC(CC)CN(CC)C(=O)NCC(C)(CC)C(=O)O. The second-order valence-corrected chi connectivity index (χ2v) is 5.60. The van der Waals surface area contributed by atoms with E-state index in [0.29, 0.717) is 18.9 Å². The van der Waals surface area contributed by atoms with Gasteiger partial charge in [0, 0.05) is 19.6 Å². The highest BCUT2D eigenvalue weighted by atomic mass is 16.4. The summed E-state index contributed by atoms with van der Waals surface area (Å²) in [6.45, 7) is 11.2. The van der Waals surface area contributed by atoms with Gasteiger partial charge in [-0.2, -0.15) is 0 Å². The van der Waals surface area contributed by atoms with E-state index >= 15 is 0 Å². The first kappa shape index (κ1) is 18.7. The van der Waals surface area contributed by atoms with Gasteiger partial charge in [-0.05, 0) is 26.2 Å². The molecule has 0 aromatic heterocycles. The van der Waals surface area contributed by atoms with Gasteiger partial charge in [-0.3, -0.25) is 4.79 Å². The van der Waals surface area contributed by atoms with E-state index in [1.807, 2.05) is 13.8 Å². The molecule has 5 heteroatoms. The zero-order valence-electron chi connectivity index (χ0n) is 13.5. The van der Waals surface area contributed by atoms with Crippen molar-refractivity contribution in [1.82, 2.24) is 10.2 Å². The summed E-state index contributed by atoms with van der Waals surface area (Å²) in [4.78, 5) is 25.1. The maximum atomic E-state index is 12.1. The van der Waals surface area contributed by atoms with Gasteiger partial charge in [0.15, 0.2) is 0 Å². The number of carbonyl (C=O) groups excluding carboxylic acids is 1. The van der Waals surface area contributed by atoms with Crippen LogP contribution in [0.4, 0.5) is 4.79 Å². The minimum absolute atomic E-state index is 0.164. The maximum Gasteiger partial charge on any atom is 0.317 e. The van der Waals surface area contributed by atoms with Crippen LogP contribution in [0.25, 0.3) is 0 Å². The highest BCUT2D eigenvalue weighted by molar-refractivity contribution is 5.77. The van der Waals surface area contributed by atoms with Crippen LogP contribution in [-0.2, 0) is 4.79 Å². The quantitative estimate of drug-likeness (QED) is 0.684. The minimum Gasteiger partial charge on any atom is -0.481 e. The van der Waals surface area contributed by atoms with Crippen molar-refractivity contribution in [3.8, 4) is 0 Å². The van der Waals surface area contributed by atoms with Crippen molar-refractivity contribution in [3.05, 3.63) is 0 Å². The third-order valence-corrected chi connectivity index (χ3v) is 4.23. The number of carboxylic acid groups (broad SMARTS) is 1. The first-order valence-corrected chi connectivity index (χ1v) is 7.60. The van der Waals surface area contributed by atoms with Crippen LogP contribution in [0.5, 0.6) is 0 Å². The number of aliphatic carboxylic acids is 1. The van der Waals surface area contributed by atoms with Gasteiger partial charge >= 0.3 is 12.0 Å². The summed E-state index contributed by atoms with van der Waals surface area (Å²) in [5, 5.41) is 12.0. The molecule has 0 saturated heterocycles. The third kappa shape index (κ3) is 5.39. The molecule has 0 radical (unpaired) electrons. The fourth-order valence-electron chi connectivity index (χ4n) is 1.95. The smallest absolute Gasteiger partial charge is 0.317 e. The van der Waals surface area contributed by atoms with Gasteiger partial charge in [-0.25, -0.2) is 4.79 Å². The molecule has 0 aliphatic heterocycles. The highest BCUT2D eigenvalue weighted by Gasteiger charge is 2.32. The Morgan fingerprint density at radius 2 is 1.75 bits per heavy atom. The van der Waals surface area contributed by atoms with Crippen LogP contribution >= 0.6 is 0 Å². The molecule has 20 heavy (non-hydrogen) atoms. The van der Waals surface area contributed by atoms with Crippen LogP contribution in [0.3, 0.4) is 0 Å². The number of rotatable bonds is 9. The van der Waals surface area contributed by atoms with Gasteiger partial charge in [0.2, 0.25) is 0 Å². The predicted octanol–water partition coefficient (Wildman–Crippen LogP) is 2.96. The van der Waals surface area contributed by atoms with Crippen molar-refractivity contribution in [2.45, 2.75) is 53.9 Å². The number of urea groups is 1. The average molecular weight is 286 g/mol. The van der Waals surface area contributed by atoms with Crippen molar-refractivity contribution in [2.75, 3.05) is 19.6 Å². The molecule has 0 rings (SSSR count). The summed E-state index contributed by atoms with van der Waals surface area (Å²) < 4.78 is 0. The standard InChI is InChI=1S/C15H30N2O3/c1-6-12(7-2)10-17(9-4)14(20)16-11-15(5,8-3)13(18)19/h12H,6-11H2,1-5H3,(H,16,20)(H,18,19). The van der Waals surface area contributed by atoms with E-state index in [2.05, 4.69) is 19.2 Å². The number of carboxylic acids is 1. The zero-order chi connectivity index (χ0) is 15.8. The summed E-state index contributed by atoms with van der Waals surface area (Å²) in [7, 11) is 0. The molecule has 1 atom stereocenters. The zero-order valence-corrected chi connectivity index (χ0v) is 13.5. The van der Waals surface area contributed by atoms with Gasteiger partial charge in [-0.1, -0.05) is 33.6 Å². The Bertz CT molecular complexity index is 316. The van der Waals surface area contributed by atoms with Crippen LogP contribution in [0.1, 0.15) is 53.9 Å². The second-order valence-electron chi connectivity index (χ2n) is 5.60. The van der Waals surface area contributed by atoms with E-state index in [0.717, 1.165) is 19.4 Å². The first-order chi connectivity index (χ1) is 9.34. The number of hydrogen-bond donors (Lipinski definition) is 2. The minimum atomic E-state index is -0.899. The van der Waals surface area contributed by atoms with Crippen molar-refractivity contribution in [3.63, 3.8) is 0 Å². The number of amides is 2. The van der Waals surface area contributed by atoms with Crippen LogP contribution in [0.2, 0.25) is 0 Å². The van der Waals surface area contributed by atoms with E-state index in [9.17, 15) is 14.7 Å². The summed E-state index contributed by atoms with van der Waals surface area (Å²) in [6.07, 6.45) is 2.57. The molecule has 0 aromatic rings. The number of nitrogens with zero attached hydrogens (tertiary/aromatic N) is 1. The predicted molar refractivity (Wildman–Crippen MR) is 80.8 cm³/mol. The van der Waals surface area contributed by atoms with E-state index < -0.39 is 11.4 Å². The average Bonchev–Trinajstić information content (AvgIpc) is 2.45. The second kappa shape index (κ2) is 8.82. The maximum absolute atomic E-state index is 12.1. The molecule has 0 bridgehead atoms. The lowest BCUT2D eigenvalue weighted by Crippen LogP contribution is -2.47. The molecule has 2 N–H and O–H groups in total. The van der Waals surface area contributed by atoms with Gasteiger partial charge in [0.25, 0.3) is 0 Å². The fraction of sp³-hybridized carbons (Fsp3) is 0.867. The Balaban J connectivity index is 4.53. The third-order valence-electron chi connectivity index (χ3n) is 4.23. The molecular formula is C15H30N2O3. The van der Waals surface area contributed by atoms with Crippen LogP contribution in [-0.4, -0.2) is 41.6 Å². The van der Waals surface area contributed by atoms with E-state index in [1.165, 1.54) is 0 Å². The molecule has 0 aromatic carbocycles. The van der Waals surface area contributed by atoms with Gasteiger partial charge < -0.3 is 15.3 Å². The molecule has 118 valence electrons. The Kier molecular flexibility index (Phi) is 8.26. The van der Waals surface area contributed by atoms with E-state index in [4.69, 9.17) is 0 Å². The molecule has 5 nitrogen and oxygen atoms in total.